The molecule has 2 fully saturated rings. The van der Waals surface area contributed by atoms with Crippen LogP contribution in [0.1, 0.15) is 46.2 Å². The molecule has 216 valence electrons. The van der Waals surface area contributed by atoms with Crippen molar-refractivity contribution in [1.29, 1.82) is 0 Å². The first-order valence-corrected chi connectivity index (χ1v) is 14.5. The van der Waals surface area contributed by atoms with Crippen LogP contribution in [0.5, 0.6) is 0 Å². The fourth-order valence-corrected chi connectivity index (χ4v) is 5.07. The van der Waals surface area contributed by atoms with Crippen LogP contribution in [-0.2, 0) is 16.0 Å². The van der Waals surface area contributed by atoms with Crippen LogP contribution in [-0.4, -0.2) is 88.4 Å². The fourth-order valence-electron chi connectivity index (χ4n) is 5.07. The number of aromatic nitrogens is 1. The van der Waals surface area contributed by atoms with E-state index in [-0.39, 0.29) is 6.04 Å². The Hall–Kier alpha value is -3.17. The lowest BCUT2D eigenvalue weighted by Gasteiger charge is -2.31. The van der Waals surface area contributed by atoms with E-state index in [1.165, 1.54) is 23.2 Å². The van der Waals surface area contributed by atoms with Crippen molar-refractivity contribution in [3.05, 3.63) is 76.8 Å². The second-order valence-corrected chi connectivity index (χ2v) is 10.4. The molecule has 5 rings (SSSR count). The number of H-pyrrole nitrogens is 1. The van der Waals surface area contributed by atoms with E-state index in [2.05, 4.69) is 68.8 Å². The van der Waals surface area contributed by atoms with Gasteiger partial charge in [0.05, 0.1) is 32.5 Å². The highest BCUT2D eigenvalue weighted by Crippen LogP contribution is 2.27. The molecule has 0 saturated carbocycles. The lowest BCUT2D eigenvalue weighted by molar-refractivity contribution is 0.0342. The normalized spacial score (nSPS) is 19.6. The molecule has 0 spiro atoms. The summed E-state index contributed by atoms with van der Waals surface area (Å²) in [7, 11) is 1.96. The second-order valence-electron chi connectivity index (χ2n) is 10.4. The summed E-state index contributed by atoms with van der Waals surface area (Å²) in [4.78, 5) is 19.5. The molecule has 3 N–H and O–H groups in total. The van der Waals surface area contributed by atoms with E-state index in [1.54, 1.807) is 0 Å². The van der Waals surface area contributed by atoms with Gasteiger partial charge in [0, 0.05) is 55.4 Å². The number of aryl methyl sites for hydroxylation is 1. The van der Waals surface area contributed by atoms with Crippen LogP contribution < -0.4 is 15.5 Å². The van der Waals surface area contributed by atoms with Crippen molar-refractivity contribution in [2.24, 2.45) is 0 Å². The lowest BCUT2D eigenvalue weighted by atomic mass is 10.0. The minimum absolute atomic E-state index is 0.0591. The average molecular weight is 548 g/mol. The monoisotopic (exact) mass is 547 g/mol. The summed E-state index contributed by atoms with van der Waals surface area (Å²) >= 11 is 0. The number of anilines is 1. The van der Waals surface area contributed by atoms with E-state index in [4.69, 9.17) is 9.47 Å². The summed E-state index contributed by atoms with van der Waals surface area (Å²) in [5.41, 5.74) is 7.43. The van der Waals surface area contributed by atoms with Crippen molar-refractivity contribution < 1.29 is 14.3 Å². The van der Waals surface area contributed by atoms with Crippen LogP contribution in [0.15, 0.2) is 48.7 Å². The van der Waals surface area contributed by atoms with Crippen LogP contribution in [0.2, 0.25) is 0 Å². The van der Waals surface area contributed by atoms with Gasteiger partial charge in [-0.3, -0.25) is 9.69 Å². The largest absolute Gasteiger partial charge is 0.381 e. The molecule has 2 saturated heterocycles. The van der Waals surface area contributed by atoms with Gasteiger partial charge in [-0.1, -0.05) is 31.2 Å². The van der Waals surface area contributed by atoms with Gasteiger partial charge in [-0.2, -0.15) is 0 Å². The Labute approximate surface area is 239 Å². The van der Waals surface area contributed by atoms with Crippen LogP contribution in [0.3, 0.4) is 0 Å². The number of allylic oxidation sites excluding steroid dienone is 2. The number of hydrogen-bond acceptors (Lipinski definition) is 7. The predicted octanol–water partition coefficient (Wildman–Crippen LogP) is 4.00. The molecule has 8 heteroatoms. The van der Waals surface area contributed by atoms with Gasteiger partial charge in [0.25, 0.3) is 0 Å². The van der Waals surface area contributed by atoms with Gasteiger partial charge in [0.15, 0.2) is 6.29 Å². The predicted molar refractivity (Wildman–Crippen MR) is 164 cm³/mol. The number of nitrogens with zero attached hydrogens (tertiary/aromatic N) is 2. The number of ether oxygens (including phenoxy) is 2. The van der Waals surface area contributed by atoms with E-state index >= 15 is 0 Å². The molecule has 0 amide bonds. The maximum Gasteiger partial charge on any atom is 0.151 e. The number of nitrogens with one attached hydrogen (secondary N) is 3. The average Bonchev–Trinajstić information content (AvgIpc) is 3.39. The number of aldehydes is 1. The highest BCUT2D eigenvalue weighted by molar-refractivity contribution is 5.82. The highest BCUT2D eigenvalue weighted by Gasteiger charge is 2.17. The Balaban J connectivity index is 0.000000681. The number of rotatable bonds is 9. The number of aromatic amines is 1. The topological polar surface area (TPSA) is 81.9 Å². The van der Waals surface area contributed by atoms with Crippen LogP contribution >= 0.6 is 0 Å². The number of benzene rings is 1. The smallest absolute Gasteiger partial charge is 0.151 e. The number of carbonyl (C=O) groups is 1. The molecule has 0 aliphatic carbocycles. The third-order valence-electron chi connectivity index (χ3n) is 7.34. The van der Waals surface area contributed by atoms with E-state index in [9.17, 15) is 4.79 Å². The van der Waals surface area contributed by atoms with Gasteiger partial charge >= 0.3 is 0 Å². The second kappa shape index (κ2) is 15.6. The van der Waals surface area contributed by atoms with Crippen molar-refractivity contribution in [1.82, 2.24) is 20.5 Å². The zero-order chi connectivity index (χ0) is 28.2. The minimum atomic E-state index is 0.0591. The Kier molecular flexibility index (Phi) is 11.6. The standard InChI is InChI=1S/C28H34N4O3.C4H11N/c1-21-25(20-33)18-27(30-21)24-6-7-29-26(17-24)5-4-23-3-2-22(19-31-8-12-34-13-9-31)16-28(23)32-10-14-35-15-11-32;1-3-4-5-2/h2-7,16-18,20,26,29-30H,8-15,19H2,1H3;5H,3-4H2,1-2H3/b5-4+;. The SMILES string of the molecule is CCCNC.Cc1[nH]c(C2=CC(/C=C/c3ccc(CN4CCOCC4)cc3N3CCOCC3)NC=C2)cc1C=O. The first-order chi connectivity index (χ1) is 19.6. The number of morpholine rings is 2. The molecular formula is C32H45N5O3. The van der Waals surface area contributed by atoms with Crippen molar-refractivity contribution in [2.75, 3.05) is 71.1 Å². The Bertz CT molecular complexity index is 1170. The van der Waals surface area contributed by atoms with Gasteiger partial charge in [0.2, 0.25) is 0 Å². The molecule has 40 heavy (non-hydrogen) atoms. The summed E-state index contributed by atoms with van der Waals surface area (Å²) in [5, 5.41) is 6.43. The first-order valence-electron chi connectivity index (χ1n) is 14.5. The fraction of sp³-hybridized carbons (Fsp3) is 0.469. The third kappa shape index (κ3) is 8.41. The Morgan fingerprint density at radius 2 is 1.80 bits per heavy atom. The molecule has 0 radical (unpaired) electrons. The summed E-state index contributed by atoms with van der Waals surface area (Å²) < 4.78 is 11.1. The van der Waals surface area contributed by atoms with Crippen LogP contribution in [0, 0.1) is 6.92 Å². The Morgan fingerprint density at radius 3 is 2.45 bits per heavy atom. The summed E-state index contributed by atoms with van der Waals surface area (Å²) in [6.07, 6.45) is 12.7. The highest BCUT2D eigenvalue weighted by atomic mass is 16.5. The number of hydrogen-bond donors (Lipinski definition) is 3. The maximum absolute atomic E-state index is 11.2. The summed E-state index contributed by atoms with van der Waals surface area (Å²) in [6.45, 7) is 13.1. The molecule has 1 aromatic carbocycles. The van der Waals surface area contributed by atoms with Gasteiger partial charge in [-0.15, -0.1) is 0 Å². The quantitative estimate of drug-likeness (QED) is 0.410. The van der Waals surface area contributed by atoms with E-state index < -0.39 is 0 Å². The van der Waals surface area contributed by atoms with Crippen molar-refractivity contribution in [3.63, 3.8) is 0 Å². The molecule has 8 nitrogen and oxygen atoms in total. The number of carbonyl (C=O) groups excluding carboxylic acids is 1. The molecule has 1 unspecified atom stereocenters. The number of dihydropyridines is 1. The molecule has 4 heterocycles. The maximum atomic E-state index is 11.2. The molecule has 1 aromatic heterocycles. The minimum Gasteiger partial charge on any atom is -0.381 e. The molecular weight excluding hydrogens is 502 g/mol. The zero-order valence-corrected chi connectivity index (χ0v) is 24.2. The molecule has 1 atom stereocenters. The molecule has 3 aliphatic rings. The van der Waals surface area contributed by atoms with Crippen molar-refractivity contribution in [2.45, 2.75) is 32.9 Å². The van der Waals surface area contributed by atoms with Gasteiger partial charge in [-0.25, -0.2) is 0 Å². The van der Waals surface area contributed by atoms with Crippen molar-refractivity contribution >= 4 is 23.6 Å². The lowest BCUT2D eigenvalue weighted by Crippen LogP contribution is -2.37. The van der Waals surface area contributed by atoms with E-state index in [1.807, 2.05) is 32.3 Å². The van der Waals surface area contributed by atoms with Gasteiger partial charge in [0.1, 0.15) is 0 Å². The van der Waals surface area contributed by atoms with E-state index in [0.29, 0.717) is 5.56 Å². The summed E-state index contributed by atoms with van der Waals surface area (Å²) in [6, 6.07) is 8.80. The molecule has 2 aromatic rings. The first kappa shape index (κ1) is 29.8. The zero-order valence-electron chi connectivity index (χ0n) is 24.2. The van der Waals surface area contributed by atoms with E-state index in [0.717, 1.165) is 88.9 Å². The van der Waals surface area contributed by atoms with Gasteiger partial charge < -0.3 is 30.0 Å². The van der Waals surface area contributed by atoms with Crippen LogP contribution in [0.25, 0.3) is 11.6 Å². The van der Waals surface area contributed by atoms with Gasteiger partial charge in [-0.05, 0) is 74.1 Å². The van der Waals surface area contributed by atoms with Crippen molar-refractivity contribution in [3.8, 4) is 0 Å². The third-order valence-corrected chi connectivity index (χ3v) is 7.34. The molecule has 0 bridgehead atoms. The summed E-state index contributed by atoms with van der Waals surface area (Å²) in [5.74, 6) is 0. The Morgan fingerprint density at radius 1 is 1.05 bits per heavy atom. The van der Waals surface area contributed by atoms with Crippen LogP contribution in [0.4, 0.5) is 5.69 Å². The molecule has 3 aliphatic heterocycles.